The lowest BCUT2D eigenvalue weighted by Crippen LogP contribution is -2.42. The minimum Gasteiger partial charge on any atom is -0.442 e. The van der Waals surface area contributed by atoms with Crippen LogP contribution < -0.4 is 5.32 Å². The molecular formula is C20H29N4O2S-. The number of fused-ring (bicyclic) bond motifs is 2. The number of hydrogen-bond donors (Lipinski definition) is 1. The van der Waals surface area contributed by atoms with Crippen molar-refractivity contribution in [2.24, 2.45) is 4.36 Å². The number of aryl methyl sites for hydroxylation is 2. The van der Waals surface area contributed by atoms with Crippen LogP contribution >= 0.6 is 0 Å². The van der Waals surface area contributed by atoms with Gasteiger partial charge in [-0.05, 0) is 86.4 Å². The maximum atomic E-state index is 12.7. The lowest BCUT2D eigenvalue weighted by molar-refractivity contribution is 0.0159. The van der Waals surface area contributed by atoms with E-state index in [1.165, 1.54) is 22.3 Å². The molecule has 2 aliphatic carbocycles. The molecule has 1 atom stereocenters. The molecule has 0 bridgehead atoms. The first kappa shape index (κ1) is 18.9. The second kappa shape index (κ2) is 7.53. The molecule has 148 valence electrons. The largest absolute Gasteiger partial charge is 0.442 e. The predicted molar refractivity (Wildman–Crippen MR) is 108 cm³/mol. The summed E-state index contributed by atoms with van der Waals surface area (Å²) in [7, 11) is 0.365. The van der Waals surface area contributed by atoms with Gasteiger partial charge in [0.05, 0.1) is 0 Å². The number of urea groups is 1. The van der Waals surface area contributed by atoms with E-state index in [-0.39, 0.29) is 5.37 Å². The maximum absolute atomic E-state index is 12.7. The summed E-state index contributed by atoms with van der Waals surface area (Å²) in [6.45, 7) is 5.08. The molecule has 1 N–H and O–H groups in total. The maximum Gasteiger partial charge on any atom is 0.322 e. The Morgan fingerprint density at radius 1 is 1.19 bits per heavy atom. The van der Waals surface area contributed by atoms with Crippen LogP contribution in [0.25, 0.3) is 0 Å². The number of anilines is 1. The Kier molecular flexibility index (Phi) is 5.27. The first-order valence-corrected chi connectivity index (χ1v) is 11.2. The minimum atomic E-state index is -1.57. The highest BCUT2D eigenvalue weighted by Gasteiger charge is 2.27. The first-order chi connectivity index (χ1) is 13.0. The van der Waals surface area contributed by atoms with E-state index in [2.05, 4.69) is 34.6 Å². The number of hydrazine groups is 1. The standard InChI is InChI=1S/C20H29N4O2S/c1-13(2)24-11-10-18(23(24)3)27(26)22-20(25)21-19-16-8-4-6-14(16)12-15-7-5-9-17(15)19/h12-13,18H,4-11H2,1-3H3,(H,21,25)/q-1. The Morgan fingerprint density at radius 3 is 2.37 bits per heavy atom. The summed E-state index contributed by atoms with van der Waals surface area (Å²) in [5.41, 5.74) is 6.25. The number of rotatable bonds is 3. The van der Waals surface area contributed by atoms with E-state index in [0.29, 0.717) is 6.04 Å². The molecule has 0 saturated carbocycles. The zero-order chi connectivity index (χ0) is 19.1. The van der Waals surface area contributed by atoms with E-state index < -0.39 is 16.6 Å². The molecule has 1 saturated heterocycles. The molecule has 2 amide bonds. The lowest BCUT2D eigenvalue weighted by atomic mass is 9.99. The van der Waals surface area contributed by atoms with Gasteiger partial charge in [0.1, 0.15) is 0 Å². The third kappa shape index (κ3) is 3.52. The number of carbonyl (C=O) groups is 1. The summed E-state index contributed by atoms with van der Waals surface area (Å²) < 4.78 is 16.7. The Balaban J connectivity index is 1.54. The van der Waals surface area contributed by atoms with E-state index in [1.54, 1.807) is 0 Å². The average molecular weight is 390 g/mol. The van der Waals surface area contributed by atoms with Crippen molar-refractivity contribution in [2.45, 2.75) is 70.2 Å². The molecule has 1 aromatic carbocycles. The molecule has 1 heterocycles. The van der Waals surface area contributed by atoms with Crippen molar-refractivity contribution < 1.29 is 9.00 Å². The quantitative estimate of drug-likeness (QED) is 0.802. The van der Waals surface area contributed by atoms with Crippen LogP contribution in [0.5, 0.6) is 0 Å². The fourth-order valence-electron chi connectivity index (χ4n) is 4.85. The van der Waals surface area contributed by atoms with Gasteiger partial charge in [0, 0.05) is 25.3 Å². The molecule has 1 aliphatic heterocycles. The van der Waals surface area contributed by atoms with Gasteiger partial charge in [0.25, 0.3) is 0 Å². The smallest absolute Gasteiger partial charge is 0.322 e. The number of nitrogens with one attached hydrogen (secondary N) is 1. The topological polar surface area (TPSA) is 65.0 Å². The molecule has 1 aromatic rings. The average Bonchev–Trinajstić information content (AvgIpc) is 3.32. The van der Waals surface area contributed by atoms with Gasteiger partial charge in [0.2, 0.25) is 0 Å². The summed E-state index contributed by atoms with van der Waals surface area (Å²) in [4.78, 5) is 12.6. The van der Waals surface area contributed by atoms with Crippen LogP contribution in [0.1, 0.15) is 55.4 Å². The van der Waals surface area contributed by atoms with Crippen molar-refractivity contribution in [1.29, 1.82) is 0 Å². The number of amides is 2. The third-order valence-electron chi connectivity index (χ3n) is 6.13. The van der Waals surface area contributed by atoms with Crippen molar-refractivity contribution in [3.8, 4) is 0 Å². The number of hydrogen-bond acceptors (Lipinski definition) is 5. The Bertz CT molecular complexity index is 813. The zero-order valence-corrected chi connectivity index (χ0v) is 17.3. The monoisotopic (exact) mass is 389 g/mol. The predicted octanol–water partition coefficient (Wildman–Crippen LogP) is 3.63. The van der Waals surface area contributed by atoms with Crippen LogP contribution in [-0.4, -0.2) is 41.1 Å². The molecule has 27 heavy (non-hydrogen) atoms. The summed E-state index contributed by atoms with van der Waals surface area (Å²) in [5, 5.41) is 6.94. The van der Waals surface area contributed by atoms with Crippen molar-refractivity contribution in [2.75, 3.05) is 18.9 Å². The highest BCUT2D eigenvalue weighted by Crippen LogP contribution is 2.38. The SMILES string of the molecule is CC(C)N1CCC([S-](=O)=NC(=O)Nc2c3c(cc4c2CCC4)CCC3)N1C. The fourth-order valence-corrected chi connectivity index (χ4v) is 5.87. The van der Waals surface area contributed by atoms with Gasteiger partial charge in [-0.2, -0.15) is 10.6 Å². The van der Waals surface area contributed by atoms with Crippen molar-refractivity contribution >= 4 is 22.3 Å². The van der Waals surface area contributed by atoms with E-state index in [1.807, 2.05) is 12.1 Å². The second-order valence-electron chi connectivity index (χ2n) is 8.11. The second-order valence-corrected chi connectivity index (χ2v) is 9.38. The van der Waals surface area contributed by atoms with E-state index in [9.17, 15) is 9.00 Å². The van der Waals surface area contributed by atoms with Gasteiger partial charge in [-0.15, -0.1) is 0 Å². The molecule has 7 heteroatoms. The van der Waals surface area contributed by atoms with Crippen LogP contribution in [-0.2, 0) is 40.5 Å². The molecule has 0 aromatic heterocycles. The van der Waals surface area contributed by atoms with Gasteiger partial charge in [-0.3, -0.25) is 5.01 Å². The van der Waals surface area contributed by atoms with Gasteiger partial charge in [-0.25, -0.2) is 9.80 Å². The van der Waals surface area contributed by atoms with E-state index >= 15 is 0 Å². The fraction of sp³-hybridized carbons (Fsp3) is 0.650. The van der Waals surface area contributed by atoms with Gasteiger partial charge in [0.15, 0.2) is 0 Å². The molecule has 3 aliphatic rings. The number of carbonyl (C=O) groups excluding carboxylic acids is 1. The van der Waals surface area contributed by atoms with Crippen LogP contribution in [0.4, 0.5) is 10.5 Å². The first-order valence-electron chi connectivity index (χ1n) is 10.0. The molecular weight excluding hydrogens is 360 g/mol. The van der Waals surface area contributed by atoms with Gasteiger partial charge < -0.3 is 13.9 Å². The van der Waals surface area contributed by atoms with E-state index in [4.69, 9.17) is 0 Å². The Labute approximate surface area is 163 Å². The summed E-state index contributed by atoms with van der Waals surface area (Å²) in [6.07, 6.45) is 7.24. The third-order valence-corrected chi connectivity index (χ3v) is 7.49. The van der Waals surface area contributed by atoms with Crippen molar-refractivity contribution in [1.82, 2.24) is 10.0 Å². The normalized spacial score (nSPS) is 23.8. The molecule has 4 rings (SSSR count). The summed E-state index contributed by atoms with van der Waals surface area (Å²) in [6, 6.07) is 2.21. The Morgan fingerprint density at radius 2 is 1.81 bits per heavy atom. The lowest BCUT2D eigenvalue weighted by Gasteiger charge is -2.33. The van der Waals surface area contributed by atoms with Crippen LogP contribution in [0.15, 0.2) is 10.4 Å². The van der Waals surface area contributed by atoms with Crippen LogP contribution in [0.3, 0.4) is 0 Å². The highest BCUT2D eigenvalue weighted by molar-refractivity contribution is 7.75. The number of nitrogens with zero attached hydrogens (tertiary/aromatic N) is 3. The molecule has 1 unspecified atom stereocenters. The Hall–Kier alpha value is -1.44. The molecule has 6 nitrogen and oxygen atoms in total. The summed E-state index contributed by atoms with van der Waals surface area (Å²) in [5.74, 6) is 0. The molecule has 0 radical (unpaired) electrons. The van der Waals surface area contributed by atoms with Crippen LogP contribution in [0.2, 0.25) is 0 Å². The van der Waals surface area contributed by atoms with E-state index in [0.717, 1.165) is 57.2 Å². The van der Waals surface area contributed by atoms with Gasteiger partial charge in [-0.1, -0.05) is 6.07 Å². The summed E-state index contributed by atoms with van der Waals surface area (Å²) >= 11 is 0. The van der Waals surface area contributed by atoms with Gasteiger partial charge >= 0.3 is 6.03 Å². The number of benzene rings is 1. The minimum absolute atomic E-state index is 0.231. The van der Waals surface area contributed by atoms with Crippen molar-refractivity contribution in [3.05, 3.63) is 28.3 Å². The zero-order valence-electron chi connectivity index (χ0n) is 16.5. The molecule has 0 spiro atoms. The molecule has 1 fully saturated rings. The van der Waals surface area contributed by atoms with Crippen LogP contribution in [0, 0.1) is 0 Å². The van der Waals surface area contributed by atoms with Crippen molar-refractivity contribution in [3.63, 3.8) is 0 Å². The highest BCUT2D eigenvalue weighted by atomic mass is 32.2.